The first kappa shape index (κ1) is 59.5. The maximum atomic E-state index is 7.55. The Labute approximate surface area is 540 Å². The van der Waals surface area contributed by atoms with Gasteiger partial charge in [-0.25, -0.2) is 38.8 Å². The van der Waals surface area contributed by atoms with E-state index in [4.69, 9.17) is 52.6 Å². The largest absolute Gasteiger partial charge is 0.239 e. The molecule has 0 atom stereocenters. The number of fused-ring (bicyclic) bond motifs is 20. The van der Waals surface area contributed by atoms with Gasteiger partial charge in [0.25, 0.3) is 0 Å². The first-order valence-electron chi connectivity index (χ1n) is 30.4. The molecule has 16 nitrogen and oxygen atoms in total. The highest BCUT2D eigenvalue weighted by Gasteiger charge is 2.37. The molecule has 0 unspecified atom stereocenters. The van der Waals surface area contributed by atoms with E-state index in [2.05, 4.69) is 191 Å². The molecule has 4 aliphatic heterocycles. The van der Waals surface area contributed by atoms with Crippen molar-refractivity contribution in [3.63, 3.8) is 0 Å². The zero-order valence-electron chi connectivity index (χ0n) is 54.1. The third-order valence-electron chi connectivity index (χ3n) is 20.0. The molecule has 0 N–H and O–H groups in total. The Morgan fingerprint density at radius 1 is 0.280 bits per heavy atom. The van der Waals surface area contributed by atoms with E-state index in [9.17, 15) is 0 Å². The maximum absolute atomic E-state index is 7.55. The molecule has 0 saturated heterocycles. The molecule has 0 bridgehead atoms. The third kappa shape index (κ3) is 8.93. The molecule has 0 aliphatic carbocycles. The van der Waals surface area contributed by atoms with Crippen molar-refractivity contribution in [1.82, 2.24) is 18.7 Å². The average molecular weight is 1210 g/mol. The Kier molecular flexibility index (Phi) is 14.0. The van der Waals surface area contributed by atoms with Gasteiger partial charge in [0.15, 0.2) is 48.9 Å². The Morgan fingerprint density at radius 2 is 0.613 bits per heavy atom. The third-order valence-corrected chi connectivity index (χ3v) is 20.0. The zero-order chi connectivity index (χ0) is 66.1. The lowest BCUT2D eigenvalue weighted by atomic mass is 9.92. The van der Waals surface area contributed by atoms with Crippen LogP contribution in [-0.4, -0.2) is 18.7 Å². The quantitative estimate of drug-likeness (QED) is 0.107. The number of rotatable bonds is 0. The Hall–Kier alpha value is -12.4. The van der Waals surface area contributed by atoms with Gasteiger partial charge in [-0.3, -0.25) is 0 Å². The lowest BCUT2D eigenvalue weighted by molar-refractivity contribution is -0.749. The van der Waals surface area contributed by atoms with Crippen LogP contribution in [0.4, 0.5) is 45.5 Å². The van der Waals surface area contributed by atoms with Crippen molar-refractivity contribution in [1.29, 1.82) is 0 Å². The van der Waals surface area contributed by atoms with Gasteiger partial charge in [0, 0.05) is 27.1 Å². The molecule has 0 radical (unpaired) electrons. The van der Waals surface area contributed by atoms with Crippen molar-refractivity contribution in [2.24, 2.45) is 0 Å². The van der Waals surface area contributed by atoms with Gasteiger partial charge in [-0.05, 0) is 223 Å². The number of benzene rings is 8. The van der Waals surface area contributed by atoms with Crippen LogP contribution in [0.25, 0.3) is 105 Å². The molecule has 0 spiro atoms. The summed E-state index contributed by atoms with van der Waals surface area (Å²) in [4.78, 5) is 28.7. The number of hydrogen-bond acceptors (Lipinski definition) is 0. The second kappa shape index (κ2) is 22.0. The van der Waals surface area contributed by atoms with E-state index in [0.717, 1.165) is 75.5 Å². The average Bonchev–Trinajstić information content (AvgIpc) is 1.60. The van der Waals surface area contributed by atoms with E-state index in [1.807, 2.05) is 42.9 Å². The van der Waals surface area contributed by atoms with Crippen molar-refractivity contribution in [3.05, 3.63) is 277 Å². The van der Waals surface area contributed by atoms with Gasteiger partial charge in [0.2, 0.25) is 47.5 Å². The number of aromatic nitrogens is 8. The number of aryl methyl sites for hydroxylation is 4. The lowest BCUT2D eigenvalue weighted by Crippen LogP contribution is -2.36. The summed E-state index contributed by atoms with van der Waals surface area (Å²) in [6.07, 6.45) is 8.20. The summed E-state index contributed by atoms with van der Waals surface area (Å²) in [5.41, 5.74) is 34.7. The topological polar surface area (TPSA) is 70.1 Å². The van der Waals surface area contributed by atoms with Crippen LogP contribution in [0.3, 0.4) is 0 Å². The van der Waals surface area contributed by atoms with Gasteiger partial charge >= 0.3 is 0 Å². The highest BCUT2D eigenvalue weighted by Crippen LogP contribution is 2.43. The standard InChI is InChI=1S/C20H17N4.3C19H15N4/c1-11-12(2)14(4)19-17(13(11)3)10-23-9-15-7-16(21-5)8-18(22-6)20(15)24(19)23;1-11-6-18-16(13(3)12(11)2)10-22-9-14-7-15(20-4)8-17(21-5)19(14)23(18)22;1-11-6-14-9-22-10-15-7-16(20-4)8-17(21-5)19(15)23(22)18(14)13(3)12(11)2;1-11-6-12(2)16-10-22-9-14-7-15(20-4)8-17(21-5)19(14)23(22)18(16)13(11)3/h7-9H,10H2,1-4H3;6-9H,10H2,1-3H3;6-8,10H,9H2,1-3H3;6-9H,10H2,1-3H3/q4*+1. The molecular formula is C77H62N16+4. The highest BCUT2D eigenvalue weighted by atomic mass is 15.4. The highest BCUT2D eigenvalue weighted by molar-refractivity contribution is 5.99. The van der Waals surface area contributed by atoms with E-state index >= 15 is 0 Å². The van der Waals surface area contributed by atoms with Crippen LogP contribution < -0.4 is 18.7 Å². The van der Waals surface area contributed by atoms with Crippen molar-refractivity contribution >= 4 is 89.1 Å². The molecule has 8 heterocycles. The molecule has 0 amide bonds. The summed E-state index contributed by atoms with van der Waals surface area (Å²) in [5, 5.41) is 3.81. The van der Waals surface area contributed by atoms with Crippen molar-refractivity contribution in [2.45, 2.75) is 116 Å². The second-order valence-electron chi connectivity index (χ2n) is 24.8. The van der Waals surface area contributed by atoms with Crippen LogP contribution in [0.15, 0.2) is 91.5 Å². The van der Waals surface area contributed by atoms with Crippen molar-refractivity contribution in [3.8, 4) is 22.7 Å². The Balaban J connectivity index is 0.000000113. The van der Waals surface area contributed by atoms with E-state index in [0.29, 0.717) is 45.5 Å². The predicted molar refractivity (Wildman–Crippen MR) is 362 cm³/mol. The zero-order valence-corrected chi connectivity index (χ0v) is 54.1. The lowest BCUT2D eigenvalue weighted by Gasteiger charge is -2.13. The van der Waals surface area contributed by atoms with Gasteiger partial charge in [-0.15, -0.1) is 37.5 Å². The Morgan fingerprint density at radius 3 is 1.06 bits per heavy atom. The van der Waals surface area contributed by atoms with Crippen molar-refractivity contribution in [2.75, 3.05) is 0 Å². The second-order valence-corrected chi connectivity index (χ2v) is 24.8. The summed E-state index contributed by atoms with van der Waals surface area (Å²) in [6.45, 7) is 90.2. The summed E-state index contributed by atoms with van der Waals surface area (Å²) in [5.74, 6) is 0. The SMILES string of the molecule is [C-]#[N+]c1cc([N+]#[C-])c2c(c1)c[n+]1n2-c2c(C)c(C)c(C)c(C)c2C1.[C-]#[N+]c1cc([N+]#[C-])c2c(c1)c[n+]1n2-c2c(C)c(C)cc(C)c2C1.[C-]#[N+]c1cc([N+]#[C-])c2c(c1)c[n+]1n2-c2c(cc(C)c(C)c2C)C1.[C-]#[N+]c1cc([N+]#[C-])c2c(c1)c[n+]1n2-c2cc(C)c(C)c(C)c2C1. The number of nitrogens with zero attached hydrogens (tertiary/aromatic N) is 16. The van der Waals surface area contributed by atoms with Gasteiger partial charge < -0.3 is 0 Å². The van der Waals surface area contributed by atoms with Crippen LogP contribution in [-0.2, 0) is 26.2 Å². The van der Waals surface area contributed by atoms with Gasteiger partial charge in [-0.1, -0.05) is 6.07 Å². The molecule has 0 fully saturated rings. The van der Waals surface area contributed by atoms with Crippen LogP contribution in [0, 0.1) is 143 Å². The molecule has 93 heavy (non-hydrogen) atoms. The monoisotopic (exact) mass is 1210 g/mol. The van der Waals surface area contributed by atoms with Crippen LogP contribution in [0.5, 0.6) is 0 Å². The molecular weight excluding hydrogens is 1150 g/mol. The van der Waals surface area contributed by atoms with E-state index < -0.39 is 0 Å². The first-order chi connectivity index (χ1) is 44.6. The summed E-state index contributed by atoms with van der Waals surface area (Å²) >= 11 is 0. The minimum atomic E-state index is 0.518. The smallest absolute Gasteiger partial charge is 0.207 e. The molecule has 16 heteroatoms. The van der Waals surface area contributed by atoms with Crippen LogP contribution in [0.1, 0.15) is 94.6 Å². The molecule has 0 saturated carbocycles. The normalized spacial score (nSPS) is 11.9. The fourth-order valence-electron chi connectivity index (χ4n) is 14.4. The molecule has 4 aliphatic rings. The summed E-state index contributed by atoms with van der Waals surface area (Å²) < 4.78 is 17.2. The molecule has 16 rings (SSSR count). The Bertz CT molecular complexity index is 5830. The van der Waals surface area contributed by atoms with Crippen molar-refractivity contribution < 1.29 is 18.7 Å². The summed E-state index contributed by atoms with van der Waals surface area (Å²) in [7, 11) is 0. The first-order valence-corrected chi connectivity index (χ1v) is 30.4. The fourth-order valence-corrected chi connectivity index (χ4v) is 14.4. The van der Waals surface area contributed by atoms with Gasteiger partial charge in [-0.2, -0.15) is 0 Å². The van der Waals surface area contributed by atoms with Crippen LogP contribution in [0.2, 0.25) is 0 Å². The van der Waals surface area contributed by atoms with Crippen LogP contribution >= 0.6 is 0 Å². The maximum Gasteiger partial charge on any atom is 0.207 e. The fraction of sp³-hybridized carbons (Fsp3) is 0.221. The predicted octanol–water partition coefficient (Wildman–Crippen LogP) is 17.5. The minimum absolute atomic E-state index is 0.518. The number of hydrogen-bond donors (Lipinski definition) is 0. The van der Waals surface area contributed by atoms with Gasteiger partial charge in [0.1, 0.15) is 44.8 Å². The molecule has 4 aromatic heterocycles. The van der Waals surface area contributed by atoms with E-state index in [1.165, 1.54) is 112 Å². The summed E-state index contributed by atoms with van der Waals surface area (Å²) in [6, 6.07) is 20.9. The minimum Gasteiger partial charge on any atom is -0.239 e. The van der Waals surface area contributed by atoms with E-state index in [-0.39, 0.29) is 0 Å². The van der Waals surface area contributed by atoms with Gasteiger partial charge in [0.05, 0.1) is 69.3 Å². The molecule has 8 aromatic carbocycles. The molecule has 446 valence electrons. The van der Waals surface area contributed by atoms with E-state index in [1.54, 1.807) is 24.3 Å². The molecule has 12 aromatic rings.